The Morgan fingerprint density at radius 3 is 2.83 bits per heavy atom. The number of hydrogen-bond donors (Lipinski definition) is 3. The van der Waals surface area contributed by atoms with E-state index in [1.807, 2.05) is 36.4 Å². The quantitative estimate of drug-likeness (QED) is 0.538. The van der Waals surface area contributed by atoms with Crippen LogP contribution in [0.3, 0.4) is 0 Å². The molecule has 0 saturated heterocycles. The van der Waals surface area contributed by atoms with Crippen molar-refractivity contribution in [2.24, 2.45) is 0 Å². The molecule has 3 rings (SSSR count). The van der Waals surface area contributed by atoms with Crippen LogP contribution in [0.5, 0.6) is 5.75 Å². The van der Waals surface area contributed by atoms with Crippen LogP contribution in [0.2, 0.25) is 0 Å². The summed E-state index contributed by atoms with van der Waals surface area (Å²) in [5.74, 6) is 6.25. The normalized spacial score (nSPS) is 9.83. The largest absolute Gasteiger partial charge is 0.479 e. The smallest absolute Gasteiger partial charge is 0.274 e. The molecule has 1 aromatic carbocycles. The van der Waals surface area contributed by atoms with Crippen LogP contribution in [0.25, 0.3) is 0 Å². The van der Waals surface area contributed by atoms with Crippen molar-refractivity contribution in [2.45, 2.75) is 13.5 Å². The molecule has 0 spiro atoms. The minimum atomic E-state index is -0.300. The van der Waals surface area contributed by atoms with Crippen LogP contribution in [-0.4, -0.2) is 22.5 Å². The van der Waals surface area contributed by atoms with Gasteiger partial charge in [-0.15, -0.1) is 5.92 Å². The maximum Gasteiger partial charge on any atom is 0.274 e. The Balaban J connectivity index is 1.59. The van der Waals surface area contributed by atoms with Crippen LogP contribution in [-0.2, 0) is 6.54 Å². The number of hydrogen-bond acceptors (Lipinski definition) is 6. The Labute approximate surface area is 169 Å². The van der Waals surface area contributed by atoms with E-state index in [9.17, 15) is 4.79 Å². The predicted molar refractivity (Wildman–Crippen MR) is 114 cm³/mol. The molecule has 7 nitrogen and oxygen atoms in total. The second-order valence-electron chi connectivity index (χ2n) is 6.04. The molecule has 2 heterocycles. The third kappa shape index (κ3) is 5.71. The summed E-state index contributed by atoms with van der Waals surface area (Å²) in [6.07, 6.45) is 3.15. The molecule has 0 bridgehead atoms. The highest BCUT2D eigenvalue weighted by Gasteiger charge is 2.08. The van der Waals surface area contributed by atoms with Gasteiger partial charge in [0.15, 0.2) is 0 Å². The van der Waals surface area contributed by atoms with Crippen molar-refractivity contribution in [3.63, 3.8) is 0 Å². The van der Waals surface area contributed by atoms with Gasteiger partial charge in [-0.05, 0) is 48.9 Å². The summed E-state index contributed by atoms with van der Waals surface area (Å²) >= 11 is 0. The number of carbonyl (C=O) groups excluding carboxylic acids is 1. The Hall–Kier alpha value is -4.05. The number of amides is 1. The summed E-state index contributed by atoms with van der Waals surface area (Å²) in [4.78, 5) is 20.6. The van der Waals surface area contributed by atoms with E-state index in [0.29, 0.717) is 29.5 Å². The number of carbonyl (C=O) groups is 1. The lowest BCUT2D eigenvalue weighted by atomic mass is 10.2. The summed E-state index contributed by atoms with van der Waals surface area (Å²) in [5, 5.41) is 6.08. The van der Waals surface area contributed by atoms with Crippen LogP contribution in [0.4, 0.5) is 17.2 Å². The Bertz CT molecular complexity index is 1040. The molecular formula is C22H21N5O2. The molecule has 0 aliphatic heterocycles. The van der Waals surface area contributed by atoms with Crippen molar-refractivity contribution in [1.29, 1.82) is 0 Å². The van der Waals surface area contributed by atoms with Crippen LogP contribution < -0.4 is 21.1 Å². The van der Waals surface area contributed by atoms with Crippen molar-refractivity contribution in [3.05, 3.63) is 72.2 Å². The van der Waals surface area contributed by atoms with E-state index in [4.69, 9.17) is 10.5 Å². The Morgan fingerprint density at radius 1 is 1.17 bits per heavy atom. The molecule has 0 unspecified atom stereocenters. The highest BCUT2D eigenvalue weighted by molar-refractivity contribution is 6.02. The standard InChI is InChI=1S/C22H21N5O2/c1-2-3-12-29-18-9-10-20(26-15-18)22(28)27-17-7-4-6-16(13-17)14-25-19-8-5-11-24-21(19)23/h4-11,13,15,25H,12,14H2,1H3,(H2,23,24)(H,27,28). The number of nitrogen functional groups attached to an aromatic ring is 1. The molecule has 29 heavy (non-hydrogen) atoms. The van der Waals surface area contributed by atoms with E-state index in [2.05, 4.69) is 32.4 Å². The number of pyridine rings is 2. The monoisotopic (exact) mass is 387 g/mol. The number of anilines is 3. The molecule has 0 atom stereocenters. The zero-order valence-corrected chi connectivity index (χ0v) is 16.0. The first-order valence-corrected chi connectivity index (χ1v) is 8.99. The highest BCUT2D eigenvalue weighted by Crippen LogP contribution is 2.17. The van der Waals surface area contributed by atoms with Crippen molar-refractivity contribution in [3.8, 4) is 17.6 Å². The first-order chi connectivity index (χ1) is 14.2. The maximum absolute atomic E-state index is 12.4. The van der Waals surface area contributed by atoms with E-state index in [-0.39, 0.29) is 12.5 Å². The first-order valence-electron chi connectivity index (χ1n) is 8.99. The second kappa shape index (κ2) is 9.76. The lowest BCUT2D eigenvalue weighted by Crippen LogP contribution is -2.14. The fourth-order valence-electron chi connectivity index (χ4n) is 2.51. The second-order valence-corrected chi connectivity index (χ2v) is 6.04. The minimum absolute atomic E-state index is 0.287. The van der Waals surface area contributed by atoms with Gasteiger partial charge >= 0.3 is 0 Å². The van der Waals surface area contributed by atoms with Gasteiger partial charge in [0.1, 0.15) is 23.9 Å². The average molecular weight is 387 g/mol. The fraction of sp³-hybridized carbons (Fsp3) is 0.136. The molecule has 7 heteroatoms. The van der Waals surface area contributed by atoms with Crippen molar-refractivity contribution in [1.82, 2.24) is 9.97 Å². The molecule has 3 aromatic rings. The van der Waals surface area contributed by atoms with Crippen molar-refractivity contribution in [2.75, 3.05) is 23.0 Å². The number of ether oxygens (including phenoxy) is 1. The number of nitrogens with one attached hydrogen (secondary N) is 2. The summed E-state index contributed by atoms with van der Waals surface area (Å²) in [7, 11) is 0. The lowest BCUT2D eigenvalue weighted by Gasteiger charge is -2.10. The van der Waals surface area contributed by atoms with Gasteiger partial charge < -0.3 is 21.1 Å². The summed E-state index contributed by atoms with van der Waals surface area (Å²) in [6.45, 7) is 2.58. The number of rotatable bonds is 7. The molecule has 0 aliphatic carbocycles. The fourth-order valence-corrected chi connectivity index (χ4v) is 2.51. The zero-order valence-electron chi connectivity index (χ0n) is 16.0. The zero-order chi connectivity index (χ0) is 20.5. The molecule has 0 saturated carbocycles. The van der Waals surface area contributed by atoms with Crippen molar-refractivity contribution < 1.29 is 9.53 Å². The first kappa shape index (κ1) is 19.7. The molecule has 0 aliphatic rings. The average Bonchev–Trinajstić information content (AvgIpc) is 2.74. The highest BCUT2D eigenvalue weighted by atomic mass is 16.5. The molecule has 0 fully saturated rings. The lowest BCUT2D eigenvalue weighted by molar-refractivity contribution is 0.102. The predicted octanol–water partition coefficient (Wildman–Crippen LogP) is 3.33. The molecule has 2 aromatic heterocycles. The molecule has 0 radical (unpaired) electrons. The number of aromatic nitrogens is 2. The third-order valence-electron chi connectivity index (χ3n) is 3.96. The van der Waals surface area contributed by atoms with Gasteiger partial charge in [-0.25, -0.2) is 9.97 Å². The molecule has 146 valence electrons. The van der Waals surface area contributed by atoms with Crippen molar-refractivity contribution >= 4 is 23.1 Å². The Morgan fingerprint density at radius 2 is 2.07 bits per heavy atom. The van der Waals surface area contributed by atoms with Crippen LogP contribution in [0.15, 0.2) is 60.9 Å². The number of benzene rings is 1. The van der Waals surface area contributed by atoms with Gasteiger partial charge in [-0.2, -0.15) is 0 Å². The van der Waals surface area contributed by atoms with Gasteiger partial charge in [-0.1, -0.05) is 18.1 Å². The van der Waals surface area contributed by atoms with Gasteiger partial charge in [0.2, 0.25) is 0 Å². The van der Waals surface area contributed by atoms with E-state index in [1.165, 1.54) is 6.20 Å². The van der Waals surface area contributed by atoms with Gasteiger partial charge in [0.25, 0.3) is 5.91 Å². The van der Waals surface area contributed by atoms with Crippen LogP contribution in [0.1, 0.15) is 23.0 Å². The minimum Gasteiger partial charge on any atom is -0.479 e. The Kier molecular flexibility index (Phi) is 6.63. The number of nitrogens with zero attached hydrogens (tertiary/aromatic N) is 2. The van der Waals surface area contributed by atoms with Gasteiger partial charge in [-0.3, -0.25) is 4.79 Å². The third-order valence-corrected chi connectivity index (χ3v) is 3.96. The van der Waals surface area contributed by atoms with E-state index in [0.717, 1.165) is 11.3 Å². The van der Waals surface area contributed by atoms with Gasteiger partial charge in [0, 0.05) is 18.4 Å². The van der Waals surface area contributed by atoms with E-state index in [1.54, 1.807) is 25.3 Å². The molecular weight excluding hydrogens is 366 g/mol. The summed E-state index contributed by atoms with van der Waals surface area (Å²) in [5.41, 5.74) is 8.56. The topological polar surface area (TPSA) is 102 Å². The maximum atomic E-state index is 12.4. The summed E-state index contributed by atoms with van der Waals surface area (Å²) < 4.78 is 5.40. The number of nitrogens with two attached hydrogens (primary N) is 1. The van der Waals surface area contributed by atoms with Crippen LogP contribution >= 0.6 is 0 Å². The van der Waals surface area contributed by atoms with E-state index < -0.39 is 0 Å². The van der Waals surface area contributed by atoms with Gasteiger partial charge in [0.05, 0.1) is 11.9 Å². The summed E-state index contributed by atoms with van der Waals surface area (Å²) in [6, 6.07) is 14.5. The van der Waals surface area contributed by atoms with Crippen LogP contribution in [0, 0.1) is 11.8 Å². The molecule has 4 N–H and O–H groups in total. The SMILES string of the molecule is CC#CCOc1ccc(C(=O)Nc2cccc(CNc3cccnc3N)c2)nc1. The van der Waals surface area contributed by atoms with E-state index >= 15 is 0 Å². The molecule has 1 amide bonds.